The number of fused-ring (bicyclic) bond motifs is 1. The van der Waals surface area contributed by atoms with Crippen molar-refractivity contribution in [2.24, 2.45) is 0 Å². The maximum Gasteiger partial charge on any atom is 0.269 e. The molecule has 9 heteroatoms. The number of carbonyl (C=O) groups excluding carboxylic acids is 1. The summed E-state index contributed by atoms with van der Waals surface area (Å²) in [6, 6.07) is 15.2. The SMILES string of the molecule is CCOc1ccc(-n2c(SCC(=O)NCc3ccc(C)cc3)nc3[nH]ncc3c2=O)cc1. The van der Waals surface area contributed by atoms with Crippen LogP contribution in [0.5, 0.6) is 5.75 Å². The lowest BCUT2D eigenvalue weighted by Gasteiger charge is -2.13. The molecule has 0 aliphatic rings. The Hall–Kier alpha value is -3.59. The predicted octanol–water partition coefficient (Wildman–Crippen LogP) is 3.22. The van der Waals surface area contributed by atoms with E-state index in [4.69, 9.17) is 4.74 Å². The van der Waals surface area contributed by atoms with Crippen LogP contribution in [0.25, 0.3) is 16.7 Å². The molecule has 0 aliphatic heterocycles. The van der Waals surface area contributed by atoms with Crippen LogP contribution in [0.3, 0.4) is 0 Å². The van der Waals surface area contributed by atoms with Crippen LogP contribution in [0.4, 0.5) is 0 Å². The molecule has 32 heavy (non-hydrogen) atoms. The van der Waals surface area contributed by atoms with Crippen LogP contribution >= 0.6 is 11.8 Å². The molecule has 0 bridgehead atoms. The monoisotopic (exact) mass is 449 g/mol. The average Bonchev–Trinajstić information content (AvgIpc) is 3.27. The third kappa shape index (κ3) is 4.83. The van der Waals surface area contributed by atoms with Crippen LogP contribution < -0.4 is 15.6 Å². The molecule has 2 aromatic heterocycles. The largest absolute Gasteiger partial charge is 0.494 e. The van der Waals surface area contributed by atoms with Crippen molar-refractivity contribution in [1.82, 2.24) is 25.1 Å². The Morgan fingerprint density at radius 3 is 2.62 bits per heavy atom. The number of aromatic amines is 1. The Kier molecular flexibility index (Phi) is 6.55. The van der Waals surface area contributed by atoms with Crippen molar-refractivity contribution in [2.75, 3.05) is 12.4 Å². The summed E-state index contributed by atoms with van der Waals surface area (Å²) in [6.45, 7) is 4.93. The molecule has 0 atom stereocenters. The van der Waals surface area contributed by atoms with Gasteiger partial charge >= 0.3 is 0 Å². The van der Waals surface area contributed by atoms with E-state index in [0.717, 1.165) is 5.56 Å². The van der Waals surface area contributed by atoms with E-state index in [1.165, 1.54) is 28.1 Å². The second kappa shape index (κ2) is 9.69. The van der Waals surface area contributed by atoms with Crippen molar-refractivity contribution < 1.29 is 9.53 Å². The predicted molar refractivity (Wildman–Crippen MR) is 124 cm³/mol. The van der Waals surface area contributed by atoms with Gasteiger partial charge in [0, 0.05) is 6.54 Å². The Balaban J connectivity index is 1.54. The first kappa shape index (κ1) is 21.6. The highest BCUT2D eigenvalue weighted by Gasteiger charge is 2.16. The van der Waals surface area contributed by atoms with Gasteiger partial charge in [0.15, 0.2) is 10.8 Å². The number of ether oxygens (including phenoxy) is 1. The van der Waals surface area contributed by atoms with Crippen LogP contribution in [-0.4, -0.2) is 38.0 Å². The van der Waals surface area contributed by atoms with Gasteiger partial charge in [0.1, 0.15) is 11.1 Å². The van der Waals surface area contributed by atoms with Crippen molar-refractivity contribution in [3.05, 3.63) is 76.2 Å². The fourth-order valence-electron chi connectivity index (χ4n) is 3.14. The summed E-state index contributed by atoms with van der Waals surface area (Å²) in [7, 11) is 0. The zero-order chi connectivity index (χ0) is 22.5. The minimum atomic E-state index is -0.254. The Labute approximate surface area is 189 Å². The number of H-pyrrole nitrogens is 1. The van der Waals surface area contributed by atoms with Crippen molar-refractivity contribution in [2.45, 2.75) is 25.5 Å². The standard InChI is InChI=1S/C23H23N5O3S/c1-3-31-18-10-8-17(9-11-18)28-22(30)19-13-25-27-21(19)26-23(28)32-14-20(29)24-12-16-6-4-15(2)5-7-16/h4-11,13H,3,12,14H2,1-2H3,(H,24,29)(H,25,27). The summed E-state index contributed by atoms with van der Waals surface area (Å²) in [5.41, 5.74) is 2.97. The van der Waals surface area contributed by atoms with Gasteiger partial charge in [-0.1, -0.05) is 41.6 Å². The van der Waals surface area contributed by atoms with Gasteiger partial charge in [-0.05, 0) is 43.7 Å². The van der Waals surface area contributed by atoms with Crippen molar-refractivity contribution in [1.29, 1.82) is 0 Å². The van der Waals surface area contributed by atoms with Gasteiger partial charge in [-0.3, -0.25) is 19.3 Å². The number of hydrogen-bond acceptors (Lipinski definition) is 6. The van der Waals surface area contributed by atoms with Gasteiger partial charge in [-0.2, -0.15) is 5.10 Å². The molecular weight excluding hydrogens is 426 g/mol. The van der Waals surface area contributed by atoms with Crippen LogP contribution in [0.2, 0.25) is 0 Å². The number of rotatable bonds is 8. The van der Waals surface area contributed by atoms with E-state index in [2.05, 4.69) is 20.5 Å². The molecule has 2 N–H and O–H groups in total. The number of thioether (sulfide) groups is 1. The third-order valence-corrected chi connectivity index (χ3v) is 5.74. The maximum atomic E-state index is 13.1. The van der Waals surface area contributed by atoms with Crippen molar-refractivity contribution >= 4 is 28.7 Å². The molecule has 0 saturated carbocycles. The van der Waals surface area contributed by atoms with Crippen LogP contribution in [0, 0.1) is 6.92 Å². The number of carbonyl (C=O) groups is 1. The van der Waals surface area contributed by atoms with Gasteiger partial charge < -0.3 is 10.1 Å². The molecule has 164 valence electrons. The topological polar surface area (TPSA) is 102 Å². The first-order chi connectivity index (χ1) is 15.5. The molecular formula is C23H23N5O3S. The molecule has 0 fully saturated rings. The summed E-state index contributed by atoms with van der Waals surface area (Å²) < 4.78 is 6.98. The molecule has 4 rings (SSSR count). The first-order valence-electron chi connectivity index (χ1n) is 10.2. The van der Waals surface area contributed by atoms with Crippen LogP contribution in [-0.2, 0) is 11.3 Å². The quantitative estimate of drug-likeness (QED) is 0.316. The molecule has 0 spiro atoms. The Morgan fingerprint density at radius 1 is 1.16 bits per heavy atom. The van der Waals surface area contributed by atoms with Crippen molar-refractivity contribution in [3.8, 4) is 11.4 Å². The third-order valence-electron chi connectivity index (χ3n) is 4.80. The fourth-order valence-corrected chi connectivity index (χ4v) is 3.98. The van der Waals surface area contributed by atoms with Gasteiger partial charge in [0.2, 0.25) is 5.91 Å². The lowest BCUT2D eigenvalue weighted by Crippen LogP contribution is -2.26. The number of aromatic nitrogens is 4. The van der Waals surface area contributed by atoms with E-state index in [-0.39, 0.29) is 17.2 Å². The summed E-state index contributed by atoms with van der Waals surface area (Å²) >= 11 is 1.20. The highest BCUT2D eigenvalue weighted by molar-refractivity contribution is 7.99. The van der Waals surface area contributed by atoms with E-state index in [1.54, 1.807) is 24.3 Å². The first-order valence-corrected chi connectivity index (χ1v) is 11.2. The summed E-state index contributed by atoms with van der Waals surface area (Å²) in [4.78, 5) is 30.1. The number of aryl methyl sites for hydroxylation is 1. The minimum absolute atomic E-state index is 0.120. The summed E-state index contributed by atoms with van der Waals surface area (Å²) in [5, 5.41) is 10.4. The lowest BCUT2D eigenvalue weighted by molar-refractivity contribution is -0.118. The van der Waals surface area contributed by atoms with E-state index < -0.39 is 0 Å². The lowest BCUT2D eigenvalue weighted by atomic mass is 10.1. The zero-order valence-electron chi connectivity index (χ0n) is 17.8. The molecule has 1 amide bonds. The Morgan fingerprint density at radius 2 is 1.91 bits per heavy atom. The van der Waals surface area contributed by atoms with E-state index >= 15 is 0 Å². The normalized spacial score (nSPS) is 10.9. The number of nitrogens with one attached hydrogen (secondary N) is 2. The van der Waals surface area contributed by atoms with Gasteiger partial charge in [0.05, 0.1) is 24.2 Å². The van der Waals surface area contributed by atoms with Gasteiger partial charge in [0.25, 0.3) is 5.56 Å². The van der Waals surface area contributed by atoms with E-state index in [1.807, 2.05) is 38.1 Å². The molecule has 0 radical (unpaired) electrons. The number of benzene rings is 2. The highest BCUT2D eigenvalue weighted by atomic mass is 32.2. The molecule has 0 aliphatic carbocycles. The van der Waals surface area contributed by atoms with Crippen molar-refractivity contribution in [3.63, 3.8) is 0 Å². The fraction of sp³-hybridized carbons (Fsp3) is 0.217. The molecule has 2 heterocycles. The number of amides is 1. The second-order valence-corrected chi connectivity index (χ2v) is 8.09. The van der Waals surface area contributed by atoms with E-state index in [9.17, 15) is 9.59 Å². The second-order valence-electron chi connectivity index (χ2n) is 7.15. The van der Waals surface area contributed by atoms with Gasteiger partial charge in [-0.25, -0.2) is 4.98 Å². The molecule has 4 aromatic rings. The van der Waals surface area contributed by atoms with Crippen LogP contribution in [0.1, 0.15) is 18.1 Å². The molecule has 0 unspecified atom stereocenters. The molecule has 2 aromatic carbocycles. The van der Waals surface area contributed by atoms with Crippen LogP contribution in [0.15, 0.2) is 64.7 Å². The highest BCUT2D eigenvalue weighted by Crippen LogP contribution is 2.22. The van der Waals surface area contributed by atoms with Gasteiger partial charge in [-0.15, -0.1) is 0 Å². The molecule has 0 saturated heterocycles. The van der Waals surface area contributed by atoms with E-state index in [0.29, 0.717) is 40.8 Å². The zero-order valence-corrected chi connectivity index (χ0v) is 18.6. The smallest absolute Gasteiger partial charge is 0.269 e. The summed E-state index contributed by atoms with van der Waals surface area (Å²) in [5.74, 6) is 0.689. The maximum absolute atomic E-state index is 13.1. The Bertz CT molecular complexity index is 1280. The average molecular weight is 450 g/mol. The number of hydrogen-bond donors (Lipinski definition) is 2. The number of nitrogens with zero attached hydrogens (tertiary/aromatic N) is 3. The minimum Gasteiger partial charge on any atom is -0.494 e. The molecule has 8 nitrogen and oxygen atoms in total. The summed E-state index contributed by atoms with van der Waals surface area (Å²) in [6.07, 6.45) is 1.46.